The first-order chi connectivity index (χ1) is 17.1. The van der Waals surface area contributed by atoms with Crippen molar-refractivity contribution in [3.05, 3.63) is 81.8 Å². The van der Waals surface area contributed by atoms with Crippen LogP contribution in [0.1, 0.15) is 62.3 Å². The number of benzene rings is 2. The van der Waals surface area contributed by atoms with Crippen molar-refractivity contribution in [2.75, 3.05) is 18.2 Å². The summed E-state index contributed by atoms with van der Waals surface area (Å²) in [6.07, 6.45) is 8.13. The van der Waals surface area contributed by atoms with Crippen molar-refractivity contribution in [1.82, 2.24) is 14.5 Å². The third kappa shape index (κ3) is 5.13. The molecule has 6 nitrogen and oxygen atoms in total. The predicted octanol–water partition coefficient (Wildman–Crippen LogP) is 5.63. The molecule has 35 heavy (non-hydrogen) atoms. The van der Waals surface area contributed by atoms with E-state index in [0.29, 0.717) is 25.7 Å². The normalized spacial score (nSPS) is 17.1. The highest BCUT2D eigenvalue weighted by Gasteiger charge is 2.31. The zero-order valence-electron chi connectivity index (χ0n) is 20.9. The Labute approximate surface area is 208 Å². The molecule has 0 amide bonds. The fourth-order valence-corrected chi connectivity index (χ4v) is 5.43. The van der Waals surface area contributed by atoms with Gasteiger partial charge in [0.25, 0.3) is 5.56 Å². The van der Waals surface area contributed by atoms with Crippen LogP contribution in [0.3, 0.4) is 0 Å². The Morgan fingerprint density at radius 2 is 1.66 bits per heavy atom. The predicted molar refractivity (Wildman–Crippen MR) is 140 cm³/mol. The molecule has 0 N–H and O–H groups in total. The number of nitrogens with zero attached hydrogens (tertiary/aromatic N) is 4. The van der Waals surface area contributed by atoms with Crippen molar-refractivity contribution in [3.63, 3.8) is 0 Å². The maximum Gasteiger partial charge on any atom is 0.259 e. The lowest BCUT2D eigenvalue weighted by atomic mass is 10.0. The van der Waals surface area contributed by atoms with E-state index < -0.39 is 0 Å². The van der Waals surface area contributed by atoms with E-state index in [0.717, 1.165) is 40.9 Å². The zero-order valence-corrected chi connectivity index (χ0v) is 20.9. The van der Waals surface area contributed by atoms with E-state index in [9.17, 15) is 4.79 Å². The number of hydrogen-bond acceptors (Lipinski definition) is 5. The lowest BCUT2D eigenvalue weighted by Gasteiger charge is -2.42. The minimum Gasteiger partial charge on any atom is -0.494 e. The average Bonchev–Trinajstić information content (AvgIpc) is 3.17. The van der Waals surface area contributed by atoms with Crippen molar-refractivity contribution >= 4 is 11.6 Å². The van der Waals surface area contributed by atoms with Gasteiger partial charge < -0.3 is 4.74 Å². The van der Waals surface area contributed by atoms with Gasteiger partial charge in [-0.2, -0.15) is 0 Å². The zero-order chi connectivity index (χ0) is 24.2. The van der Waals surface area contributed by atoms with Gasteiger partial charge in [0.2, 0.25) is 5.95 Å². The van der Waals surface area contributed by atoms with Crippen LogP contribution < -0.4 is 15.2 Å². The van der Waals surface area contributed by atoms with Crippen LogP contribution >= 0.6 is 0 Å². The second-order valence-electron chi connectivity index (χ2n) is 9.74. The van der Waals surface area contributed by atoms with Gasteiger partial charge >= 0.3 is 0 Å². The van der Waals surface area contributed by atoms with Crippen LogP contribution in [0, 0.1) is 6.92 Å². The Morgan fingerprint density at radius 1 is 0.943 bits per heavy atom. The Balaban J connectivity index is 1.55. The lowest BCUT2D eigenvalue weighted by Crippen LogP contribution is -2.51. The molecule has 1 aliphatic carbocycles. The van der Waals surface area contributed by atoms with Crippen LogP contribution in [0.25, 0.3) is 0 Å². The van der Waals surface area contributed by atoms with Gasteiger partial charge in [-0.3, -0.25) is 19.2 Å². The van der Waals surface area contributed by atoms with Crippen LogP contribution in [0.4, 0.5) is 11.6 Å². The van der Waals surface area contributed by atoms with E-state index in [1.54, 1.807) is 0 Å². The number of rotatable bonds is 6. The summed E-state index contributed by atoms with van der Waals surface area (Å²) in [5.74, 6) is 1.59. The van der Waals surface area contributed by atoms with Gasteiger partial charge in [-0.25, -0.2) is 4.98 Å². The van der Waals surface area contributed by atoms with Crippen LogP contribution in [0.15, 0.2) is 59.4 Å². The minimum atomic E-state index is 0.0746. The minimum absolute atomic E-state index is 0.0746. The summed E-state index contributed by atoms with van der Waals surface area (Å²) in [5, 5.41) is 0. The summed E-state index contributed by atoms with van der Waals surface area (Å²) in [6.45, 7) is 5.94. The van der Waals surface area contributed by atoms with Gasteiger partial charge in [0, 0.05) is 23.7 Å². The molecule has 2 aromatic carbocycles. The second kappa shape index (κ2) is 10.6. The summed E-state index contributed by atoms with van der Waals surface area (Å²) in [5.41, 5.74) is 3.83. The first kappa shape index (κ1) is 23.6. The molecule has 0 unspecified atom stereocenters. The van der Waals surface area contributed by atoms with Crippen LogP contribution in [0.2, 0.25) is 0 Å². The number of aromatic nitrogens is 2. The van der Waals surface area contributed by atoms with Gasteiger partial charge in [0.05, 0.1) is 25.6 Å². The third-order valence-corrected chi connectivity index (χ3v) is 7.36. The molecule has 184 valence electrons. The topological polar surface area (TPSA) is 50.6 Å². The molecule has 0 saturated heterocycles. The second-order valence-corrected chi connectivity index (χ2v) is 9.74. The molecule has 0 spiro atoms. The molecule has 0 radical (unpaired) electrons. The summed E-state index contributed by atoms with van der Waals surface area (Å²) in [4.78, 5) is 23.6. The molecule has 0 bridgehead atoms. The molecule has 1 saturated carbocycles. The Morgan fingerprint density at radius 3 is 2.34 bits per heavy atom. The number of ether oxygens (including phenoxy) is 1. The molecule has 6 heteroatoms. The lowest BCUT2D eigenvalue weighted by molar-refractivity contribution is 0.123. The molecule has 2 aliphatic rings. The molecule has 3 aromatic rings. The van der Waals surface area contributed by atoms with Crippen molar-refractivity contribution in [3.8, 4) is 5.75 Å². The summed E-state index contributed by atoms with van der Waals surface area (Å²) < 4.78 is 7.56. The van der Waals surface area contributed by atoms with Crippen molar-refractivity contribution in [2.45, 2.75) is 71.5 Å². The van der Waals surface area contributed by atoms with E-state index in [2.05, 4.69) is 34.1 Å². The van der Waals surface area contributed by atoms with E-state index in [1.807, 2.05) is 48.7 Å². The number of fused-ring (bicyclic) bond motifs is 1. The molecule has 1 fully saturated rings. The molecular weight excluding hydrogens is 436 g/mol. The van der Waals surface area contributed by atoms with E-state index in [-0.39, 0.29) is 5.56 Å². The maximum absolute atomic E-state index is 13.9. The molecular formula is C29H36N4O2. The summed E-state index contributed by atoms with van der Waals surface area (Å²) >= 11 is 0. The van der Waals surface area contributed by atoms with Gasteiger partial charge in [-0.1, -0.05) is 56.0 Å². The van der Waals surface area contributed by atoms with Gasteiger partial charge in [-0.15, -0.1) is 0 Å². The van der Waals surface area contributed by atoms with Gasteiger partial charge in [0.1, 0.15) is 5.75 Å². The molecule has 1 aliphatic heterocycles. The van der Waals surface area contributed by atoms with Crippen molar-refractivity contribution in [1.29, 1.82) is 0 Å². The molecule has 1 aromatic heterocycles. The number of anilines is 2. The van der Waals surface area contributed by atoms with E-state index in [1.165, 1.54) is 38.5 Å². The highest BCUT2D eigenvalue weighted by atomic mass is 16.5. The molecule has 0 atom stereocenters. The number of hydrogen-bond donors (Lipinski definition) is 0. The van der Waals surface area contributed by atoms with Crippen molar-refractivity contribution < 1.29 is 4.74 Å². The van der Waals surface area contributed by atoms with Crippen LogP contribution in [-0.2, 0) is 13.1 Å². The maximum atomic E-state index is 13.9. The van der Waals surface area contributed by atoms with Crippen LogP contribution in [0.5, 0.6) is 5.75 Å². The van der Waals surface area contributed by atoms with Gasteiger partial charge in [0.15, 0.2) is 0 Å². The molecule has 5 rings (SSSR count). The first-order valence-electron chi connectivity index (χ1n) is 13.0. The molecule has 2 heterocycles. The largest absolute Gasteiger partial charge is 0.494 e. The SMILES string of the molecule is CCOc1ccc(N2CN(C3CCCCCC3)Cn3c2nc(C)c(Cc2ccccc2)c3=O)cc1. The summed E-state index contributed by atoms with van der Waals surface area (Å²) in [6, 6.07) is 18.8. The van der Waals surface area contributed by atoms with Gasteiger partial charge in [-0.05, 0) is 56.5 Å². The fourth-order valence-electron chi connectivity index (χ4n) is 5.43. The number of aryl methyl sites for hydroxylation is 1. The third-order valence-electron chi connectivity index (χ3n) is 7.36. The van der Waals surface area contributed by atoms with Crippen LogP contribution in [-0.4, -0.2) is 33.8 Å². The quantitative estimate of drug-likeness (QED) is 0.435. The van der Waals surface area contributed by atoms with E-state index >= 15 is 0 Å². The Hall–Kier alpha value is -3.12. The standard InChI is InChI=1S/C29H36N4O2/c1-3-35-26-17-15-25(16-18-26)32-20-31(24-13-9-4-5-10-14-24)21-33-28(34)27(22(2)30-29(32)33)19-23-11-7-6-8-12-23/h6-8,11-12,15-18,24H,3-5,9-10,13-14,19-21H2,1-2H3. The highest BCUT2D eigenvalue weighted by molar-refractivity contribution is 5.59. The Bertz CT molecular complexity index is 1180. The van der Waals surface area contributed by atoms with Crippen molar-refractivity contribution in [2.24, 2.45) is 0 Å². The smallest absolute Gasteiger partial charge is 0.259 e. The van der Waals surface area contributed by atoms with E-state index in [4.69, 9.17) is 9.72 Å². The first-order valence-corrected chi connectivity index (χ1v) is 13.0. The average molecular weight is 473 g/mol. The monoisotopic (exact) mass is 472 g/mol. The fraction of sp³-hybridized carbons (Fsp3) is 0.448. The highest BCUT2D eigenvalue weighted by Crippen LogP contribution is 2.32. The summed E-state index contributed by atoms with van der Waals surface area (Å²) in [7, 11) is 0. The Kier molecular flexibility index (Phi) is 7.19.